The van der Waals surface area contributed by atoms with Crippen LogP contribution in [0.5, 0.6) is 11.5 Å². The second kappa shape index (κ2) is 10.7. The van der Waals surface area contributed by atoms with Gasteiger partial charge in [0.2, 0.25) is 0 Å². The molecule has 1 saturated heterocycles. The molecule has 6 heteroatoms. The second-order valence-electron chi connectivity index (χ2n) is 8.18. The number of allylic oxidation sites excluding steroid dienone is 1. The van der Waals surface area contributed by atoms with Crippen LogP contribution in [0.2, 0.25) is 0 Å². The Labute approximate surface area is 205 Å². The molecule has 6 nitrogen and oxygen atoms in total. The minimum atomic E-state index is -0.457. The lowest BCUT2D eigenvalue weighted by molar-refractivity contribution is -0.117. The maximum absolute atomic E-state index is 13.0. The van der Waals surface area contributed by atoms with Crippen LogP contribution < -0.4 is 19.9 Å². The highest BCUT2D eigenvalue weighted by atomic mass is 16.5. The fourth-order valence-corrected chi connectivity index (χ4v) is 3.82. The van der Waals surface area contributed by atoms with Gasteiger partial charge < -0.3 is 9.47 Å². The van der Waals surface area contributed by atoms with Crippen molar-refractivity contribution in [1.29, 1.82) is 0 Å². The molecule has 3 aromatic rings. The van der Waals surface area contributed by atoms with E-state index < -0.39 is 11.8 Å². The maximum Gasteiger partial charge on any atom is 0.282 e. The van der Waals surface area contributed by atoms with Crippen LogP contribution in [0.1, 0.15) is 29.2 Å². The Morgan fingerprint density at radius 1 is 1.00 bits per heavy atom. The number of benzene rings is 3. The first-order chi connectivity index (χ1) is 17.0. The molecule has 0 radical (unpaired) electrons. The summed E-state index contributed by atoms with van der Waals surface area (Å²) in [5.74, 6) is 0.310. The van der Waals surface area contributed by atoms with E-state index in [1.807, 2.05) is 62.4 Å². The standard InChI is InChI=1S/C29H28N2O4/c1-4-9-23-16-22(17-25-28(32)30-31(29(25)33)24-10-7-6-8-11-24)18-26(34-5-2)27(23)35-19-21-14-12-20(3)13-15-21/h4,6-8,10-18H,1,5,9,19H2,2-3H3,(H,30,32)/b25-17-. The van der Waals surface area contributed by atoms with E-state index in [1.54, 1.807) is 30.4 Å². The summed E-state index contributed by atoms with van der Waals surface area (Å²) in [6.07, 6.45) is 3.90. The molecule has 0 saturated carbocycles. The predicted molar refractivity (Wildman–Crippen MR) is 137 cm³/mol. The van der Waals surface area contributed by atoms with Crippen molar-refractivity contribution in [2.75, 3.05) is 11.6 Å². The molecule has 35 heavy (non-hydrogen) atoms. The molecule has 3 aromatic carbocycles. The highest BCUT2D eigenvalue weighted by Gasteiger charge is 2.34. The highest BCUT2D eigenvalue weighted by molar-refractivity contribution is 6.31. The van der Waals surface area contributed by atoms with Gasteiger partial charge in [-0.05, 0) is 61.7 Å². The van der Waals surface area contributed by atoms with Gasteiger partial charge in [0.1, 0.15) is 12.2 Å². The smallest absolute Gasteiger partial charge is 0.282 e. The van der Waals surface area contributed by atoms with Gasteiger partial charge in [0, 0.05) is 5.56 Å². The molecule has 1 fully saturated rings. The summed E-state index contributed by atoms with van der Waals surface area (Å²) in [6, 6.07) is 20.8. The number of rotatable bonds is 9. The average Bonchev–Trinajstić information content (AvgIpc) is 3.14. The molecular weight excluding hydrogens is 440 g/mol. The molecular formula is C29H28N2O4. The Morgan fingerprint density at radius 2 is 1.74 bits per heavy atom. The van der Waals surface area contributed by atoms with Crippen molar-refractivity contribution < 1.29 is 19.1 Å². The minimum Gasteiger partial charge on any atom is -0.490 e. The topological polar surface area (TPSA) is 67.9 Å². The van der Waals surface area contributed by atoms with Gasteiger partial charge in [-0.2, -0.15) is 0 Å². The molecule has 1 aliphatic heterocycles. The fraction of sp³-hybridized carbons (Fsp3) is 0.172. The molecule has 1 heterocycles. The molecule has 0 aliphatic carbocycles. The molecule has 2 amide bonds. The zero-order valence-corrected chi connectivity index (χ0v) is 19.9. The van der Waals surface area contributed by atoms with Gasteiger partial charge in [0.05, 0.1) is 12.3 Å². The summed E-state index contributed by atoms with van der Waals surface area (Å²) in [5, 5.41) is 1.25. The van der Waals surface area contributed by atoms with Crippen LogP contribution in [0.3, 0.4) is 0 Å². The largest absolute Gasteiger partial charge is 0.490 e. The van der Waals surface area contributed by atoms with Gasteiger partial charge >= 0.3 is 0 Å². The van der Waals surface area contributed by atoms with Crippen LogP contribution in [-0.2, 0) is 22.6 Å². The van der Waals surface area contributed by atoms with Crippen LogP contribution >= 0.6 is 0 Å². The molecule has 178 valence electrons. The van der Waals surface area contributed by atoms with Gasteiger partial charge in [0.15, 0.2) is 11.5 Å². The summed E-state index contributed by atoms with van der Waals surface area (Å²) < 4.78 is 12.1. The Bertz CT molecular complexity index is 1260. The van der Waals surface area contributed by atoms with E-state index in [-0.39, 0.29) is 5.57 Å². The number of nitrogens with one attached hydrogen (secondary N) is 1. The number of amides is 2. The quantitative estimate of drug-likeness (QED) is 0.268. The third-order valence-electron chi connectivity index (χ3n) is 5.54. The van der Waals surface area contributed by atoms with Crippen LogP contribution in [0.4, 0.5) is 5.69 Å². The Balaban J connectivity index is 1.66. The first-order valence-corrected chi connectivity index (χ1v) is 11.5. The molecule has 0 atom stereocenters. The fourth-order valence-electron chi connectivity index (χ4n) is 3.82. The van der Waals surface area contributed by atoms with E-state index in [9.17, 15) is 9.59 Å². The predicted octanol–water partition coefficient (Wildman–Crippen LogP) is 5.16. The molecule has 4 rings (SSSR count). The first-order valence-electron chi connectivity index (χ1n) is 11.5. The van der Waals surface area contributed by atoms with Crippen LogP contribution in [0.25, 0.3) is 6.08 Å². The van der Waals surface area contributed by atoms with Gasteiger partial charge in [-0.15, -0.1) is 6.58 Å². The normalized spacial score (nSPS) is 14.2. The van der Waals surface area contributed by atoms with Crippen molar-refractivity contribution in [3.8, 4) is 11.5 Å². The van der Waals surface area contributed by atoms with Crippen molar-refractivity contribution in [3.05, 3.63) is 107 Å². The van der Waals surface area contributed by atoms with E-state index in [1.165, 1.54) is 10.6 Å². The molecule has 0 spiro atoms. The Kier molecular flexibility index (Phi) is 7.31. The maximum atomic E-state index is 13.0. The zero-order chi connectivity index (χ0) is 24.8. The average molecular weight is 469 g/mol. The number of hydrazine groups is 1. The van der Waals surface area contributed by atoms with E-state index in [0.29, 0.717) is 42.4 Å². The molecule has 0 bridgehead atoms. The van der Waals surface area contributed by atoms with Crippen LogP contribution in [0, 0.1) is 6.92 Å². The molecule has 0 aromatic heterocycles. The van der Waals surface area contributed by atoms with E-state index in [0.717, 1.165) is 11.1 Å². The lowest BCUT2D eigenvalue weighted by atomic mass is 10.0. The number of carbonyl (C=O) groups excluding carboxylic acids is 2. The number of carbonyl (C=O) groups is 2. The van der Waals surface area contributed by atoms with Gasteiger partial charge in [-0.1, -0.05) is 54.1 Å². The summed E-state index contributed by atoms with van der Waals surface area (Å²) in [5.41, 5.74) is 7.03. The molecule has 0 unspecified atom stereocenters. The van der Waals surface area contributed by atoms with E-state index in [2.05, 4.69) is 12.0 Å². The third-order valence-corrected chi connectivity index (χ3v) is 5.54. The Morgan fingerprint density at radius 3 is 2.43 bits per heavy atom. The number of para-hydroxylation sites is 1. The summed E-state index contributed by atoms with van der Waals surface area (Å²) >= 11 is 0. The van der Waals surface area contributed by atoms with Gasteiger partial charge in [-0.25, -0.2) is 5.01 Å². The number of ether oxygens (including phenoxy) is 2. The molecule has 1 N–H and O–H groups in total. The van der Waals surface area contributed by atoms with Crippen molar-refractivity contribution in [2.45, 2.75) is 26.9 Å². The number of hydrogen-bond acceptors (Lipinski definition) is 4. The molecule has 1 aliphatic rings. The van der Waals surface area contributed by atoms with E-state index in [4.69, 9.17) is 9.47 Å². The number of anilines is 1. The van der Waals surface area contributed by atoms with Gasteiger partial charge in [-0.3, -0.25) is 15.0 Å². The lowest BCUT2D eigenvalue weighted by Gasteiger charge is -2.17. The van der Waals surface area contributed by atoms with Crippen molar-refractivity contribution in [1.82, 2.24) is 5.43 Å². The van der Waals surface area contributed by atoms with Crippen LogP contribution in [-0.4, -0.2) is 18.4 Å². The van der Waals surface area contributed by atoms with Crippen molar-refractivity contribution >= 4 is 23.6 Å². The SMILES string of the molecule is C=CCc1cc(/C=C2/C(=O)NN(c3ccccc3)C2=O)cc(OCC)c1OCc1ccc(C)cc1. The zero-order valence-electron chi connectivity index (χ0n) is 19.9. The number of aryl methyl sites for hydroxylation is 1. The van der Waals surface area contributed by atoms with Crippen molar-refractivity contribution in [3.63, 3.8) is 0 Å². The number of hydrogen-bond donors (Lipinski definition) is 1. The summed E-state index contributed by atoms with van der Waals surface area (Å²) in [7, 11) is 0. The summed E-state index contributed by atoms with van der Waals surface area (Å²) in [6.45, 7) is 8.63. The number of nitrogens with zero attached hydrogens (tertiary/aromatic N) is 1. The van der Waals surface area contributed by atoms with E-state index >= 15 is 0 Å². The minimum absolute atomic E-state index is 0.0502. The van der Waals surface area contributed by atoms with Crippen molar-refractivity contribution in [2.24, 2.45) is 0 Å². The Hall–Kier alpha value is -4.32. The monoisotopic (exact) mass is 468 g/mol. The third kappa shape index (κ3) is 5.44. The van der Waals surface area contributed by atoms with Gasteiger partial charge in [0.25, 0.3) is 11.8 Å². The lowest BCUT2D eigenvalue weighted by Crippen LogP contribution is -2.35. The first kappa shape index (κ1) is 23.8. The second-order valence-corrected chi connectivity index (χ2v) is 8.18. The highest BCUT2D eigenvalue weighted by Crippen LogP contribution is 2.36. The van der Waals surface area contributed by atoms with Crippen LogP contribution in [0.15, 0.2) is 85.0 Å². The summed E-state index contributed by atoms with van der Waals surface area (Å²) in [4.78, 5) is 25.6.